The van der Waals surface area contributed by atoms with E-state index in [2.05, 4.69) is 0 Å². The van der Waals surface area contributed by atoms with Gasteiger partial charge in [-0.1, -0.05) is 6.07 Å². The van der Waals surface area contributed by atoms with Crippen molar-refractivity contribution in [1.29, 1.82) is 0 Å². The maximum absolute atomic E-state index is 13.9. The zero-order valence-electron chi connectivity index (χ0n) is 17.7. The number of hydrogen-bond donors (Lipinski definition) is 0. The third-order valence-electron chi connectivity index (χ3n) is 5.20. The van der Waals surface area contributed by atoms with E-state index in [1.165, 1.54) is 25.3 Å². The van der Waals surface area contributed by atoms with E-state index in [0.717, 1.165) is 0 Å². The van der Waals surface area contributed by atoms with Gasteiger partial charge in [0, 0.05) is 17.2 Å². The molecule has 4 rings (SSSR count). The first-order valence-corrected chi connectivity index (χ1v) is 9.78. The molecule has 1 heterocycles. The number of rotatable bonds is 6. The second-order valence-electron chi connectivity index (χ2n) is 7.10. The Morgan fingerprint density at radius 1 is 0.969 bits per heavy atom. The van der Waals surface area contributed by atoms with Gasteiger partial charge in [0.1, 0.15) is 41.2 Å². The molecule has 3 aromatic rings. The Morgan fingerprint density at radius 2 is 1.72 bits per heavy atom. The number of Topliss-reactive ketones (excluding diaryl/α,β-unsaturated/α-hetero) is 1. The van der Waals surface area contributed by atoms with Gasteiger partial charge in [-0.3, -0.25) is 4.79 Å². The fourth-order valence-electron chi connectivity index (χ4n) is 3.42. The predicted molar refractivity (Wildman–Crippen MR) is 114 cm³/mol. The van der Waals surface area contributed by atoms with Gasteiger partial charge in [0.05, 0.1) is 25.3 Å². The lowest BCUT2D eigenvalue weighted by Crippen LogP contribution is -2.03. The minimum atomic E-state index is -0.686. The van der Waals surface area contributed by atoms with Crippen molar-refractivity contribution in [1.82, 2.24) is 0 Å². The lowest BCUT2D eigenvalue weighted by Gasteiger charge is -2.12. The molecule has 0 spiro atoms. The van der Waals surface area contributed by atoms with Crippen LogP contribution in [0, 0.1) is 18.6 Å². The van der Waals surface area contributed by atoms with Crippen molar-refractivity contribution < 1.29 is 32.5 Å². The smallest absolute Gasteiger partial charge is 0.231 e. The van der Waals surface area contributed by atoms with E-state index >= 15 is 0 Å². The van der Waals surface area contributed by atoms with Gasteiger partial charge in [-0.2, -0.15) is 0 Å². The quantitative estimate of drug-likeness (QED) is 0.477. The maximum Gasteiger partial charge on any atom is 0.231 e. The van der Waals surface area contributed by atoms with E-state index in [-0.39, 0.29) is 23.7 Å². The molecule has 0 fully saturated rings. The Morgan fingerprint density at radius 3 is 2.41 bits per heavy atom. The summed E-state index contributed by atoms with van der Waals surface area (Å²) in [4.78, 5) is 12.9. The molecule has 164 valence electrons. The van der Waals surface area contributed by atoms with Crippen LogP contribution in [0.4, 0.5) is 8.78 Å². The highest BCUT2D eigenvalue weighted by Crippen LogP contribution is 2.40. The number of hydrogen-bond acceptors (Lipinski definition) is 5. The van der Waals surface area contributed by atoms with E-state index in [0.29, 0.717) is 39.7 Å². The molecule has 0 aromatic heterocycles. The molecule has 3 aromatic carbocycles. The number of halogens is 2. The van der Waals surface area contributed by atoms with Crippen molar-refractivity contribution in [3.63, 3.8) is 0 Å². The van der Waals surface area contributed by atoms with Crippen LogP contribution >= 0.6 is 0 Å². The number of allylic oxidation sites excluding steroid dienone is 1. The van der Waals surface area contributed by atoms with Crippen molar-refractivity contribution in [2.45, 2.75) is 13.5 Å². The predicted octanol–water partition coefficient (Wildman–Crippen LogP) is 5.49. The van der Waals surface area contributed by atoms with E-state index < -0.39 is 11.6 Å². The van der Waals surface area contributed by atoms with Crippen LogP contribution < -0.4 is 18.9 Å². The normalized spacial score (nSPS) is 13.7. The van der Waals surface area contributed by atoms with Gasteiger partial charge in [0.25, 0.3) is 0 Å². The summed E-state index contributed by atoms with van der Waals surface area (Å²) >= 11 is 0. The number of ether oxygens (including phenoxy) is 4. The number of methoxy groups -OCH3 is 2. The number of ketones is 1. The summed E-state index contributed by atoms with van der Waals surface area (Å²) < 4.78 is 49.8. The fraction of sp³-hybridized carbons (Fsp3) is 0.160. The summed E-state index contributed by atoms with van der Waals surface area (Å²) in [5.74, 6) is 0.328. The van der Waals surface area contributed by atoms with Gasteiger partial charge < -0.3 is 18.9 Å². The monoisotopic (exact) mass is 438 g/mol. The molecule has 5 nitrogen and oxygen atoms in total. The first-order valence-electron chi connectivity index (χ1n) is 9.78. The molecule has 0 saturated carbocycles. The molecular formula is C25H20F2O5. The number of benzene rings is 3. The summed E-state index contributed by atoms with van der Waals surface area (Å²) in [6.07, 6.45) is 1.59. The Balaban J connectivity index is 1.61. The van der Waals surface area contributed by atoms with E-state index in [1.807, 2.05) is 0 Å². The van der Waals surface area contributed by atoms with Crippen LogP contribution in [0.15, 0.2) is 54.3 Å². The van der Waals surface area contributed by atoms with E-state index in [4.69, 9.17) is 18.9 Å². The second-order valence-corrected chi connectivity index (χ2v) is 7.10. The minimum absolute atomic E-state index is 0.129. The highest BCUT2D eigenvalue weighted by atomic mass is 19.1. The first kappa shape index (κ1) is 21.4. The van der Waals surface area contributed by atoms with Crippen LogP contribution in [-0.4, -0.2) is 20.0 Å². The lowest BCUT2D eigenvalue weighted by atomic mass is 10.1. The van der Waals surface area contributed by atoms with Gasteiger partial charge in [0.2, 0.25) is 5.78 Å². The Labute approximate surface area is 183 Å². The highest BCUT2D eigenvalue weighted by molar-refractivity contribution is 6.15. The molecule has 1 aliphatic rings. The number of fused-ring (bicyclic) bond motifs is 1. The van der Waals surface area contributed by atoms with Gasteiger partial charge in [-0.15, -0.1) is 0 Å². The average molecular weight is 438 g/mol. The molecule has 0 radical (unpaired) electrons. The van der Waals surface area contributed by atoms with Crippen LogP contribution in [0.5, 0.6) is 23.0 Å². The molecule has 1 aliphatic heterocycles. The number of carbonyl (C=O) groups is 1. The molecule has 0 amide bonds. The van der Waals surface area contributed by atoms with Crippen molar-refractivity contribution >= 4 is 11.9 Å². The van der Waals surface area contributed by atoms with Crippen LogP contribution in [0.3, 0.4) is 0 Å². The van der Waals surface area contributed by atoms with Gasteiger partial charge in [-0.25, -0.2) is 8.78 Å². The summed E-state index contributed by atoms with van der Waals surface area (Å²) in [6.45, 7) is 1.42. The summed E-state index contributed by atoms with van der Waals surface area (Å²) in [5.41, 5.74) is 1.41. The molecule has 0 unspecified atom stereocenters. The van der Waals surface area contributed by atoms with Crippen molar-refractivity contribution in [2.75, 3.05) is 14.2 Å². The number of carbonyl (C=O) groups excluding carboxylic acids is 1. The minimum Gasteiger partial charge on any atom is -0.497 e. The van der Waals surface area contributed by atoms with E-state index in [1.54, 1.807) is 50.4 Å². The highest BCUT2D eigenvalue weighted by Gasteiger charge is 2.30. The van der Waals surface area contributed by atoms with Crippen LogP contribution in [0.25, 0.3) is 6.08 Å². The first-order chi connectivity index (χ1) is 15.4. The zero-order valence-corrected chi connectivity index (χ0v) is 17.7. The fourth-order valence-corrected chi connectivity index (χ4v) is 3.42. The Kier molecular flexibility index (Phi) is 5.81. The average Bonchev–Trinajstić information content (AvgIpc) is 3.11. The molecule has 0 aliphatic carbocycles. The Bertz CT molecular complexity index is 1210. The summed E-state index contributed by atoms with van der Waals surface area (Å²) in [6, 6.07) is 12.0. The standard InChI is InChI=1S/C25H20F2O5/c1-14-21(31-13-18-19(26)5-4-6-20(18)27)10-9-17-24(28)23(32-25(14)17)11-15-7-8-16(29-2)12-22(15)30-3/h4-12H,13H2,1-3H3/b23-11-. The van der Waals surface area contributed by atoms with Crippen LogP contribution in [0.2, 0.25) is 0 Å². The maximum atomic E-state index is 13.9. The van der Waals surface area contributed by atoms with Crippen molar-refractivity contribution in [3.8, 4) is 23.0 Å². The van der Waals surface area contributed by atoms with Crippen LogP contribution in [0.1, 0.15) is 27.0 Å². The topological polar surface area (TPSA) is 54.0 Å². The molecule has 0 N–H and O–H groups in total. The molecule has 0 saturated heterocycles. The van der Waals surface area contributed by atoms with Gasteiger partial charge >= 0.3 is 0 Å². The SMILES string of the molecule is COc1ccc(/C=C2\Oc3c(ccc(OCc4c(F)cccc4F)c3C)C2=O)c(OC)c1. The largest absolute Gasteiger partial charge is 0.497 e. The summed E-state index contributed by atoms with van der Waals surface area (Å²) in [5, 5.41) is 0. The van der Waals surface area contributed by atoms with Crippen molar-refractivity contribution in [2.24, 2.45) is 0 Å². The molecular weight excluding hydrogens is 418 g/mol. The zero-order chi connectivity index (χ0) is 22.8. The third kappa shape index (κ3) is 3.89. The Hall–Kier alpha value is -3.87. The molecule has 0 atom stereocenters. The molecule has 7 heteroatoms. The van der Waals surface area contributed by atoms with Crippen LogP contribution in [-0.2, 0) is 6.61 Å². The molecule has 32 heavy (non-hydrogen) atoms. The lowest BCUT2D eigenvalue weighted by molar-refractivity contribution is 0.101. The van der Waals surface area contributed by atoms with Crippen molar-refractivity contribution in [3.05, 3.63) is 88.2 Å². The second kappa shape index (κ2) is 8.70. The summed E-state index contributed by atoms with van der Waals surface area (Å²) in [7, 11) is 3.07. The van der Waals surface area contributed by atoms with Gasteiger partial charge in [0.15, 0.2) is 5.76 Å². The van der Waals surface area contributed by atoms with E-state index in [9.17, 15) is 13.6 Å². The third-order valence-corrected chi connectivity index (χ3v) is 5.20. The van der Waals surface area contributed by atoms with Gasteiger partial charge in [-0.05, 0) is 49.4 Å². The molecule has 0 bridgehead atoms.